The summed E-state index contributed by atoms with van der Waals surface area (Å²) in [5, 5.41) is 3.39. The van der Waals surface area contributed by atoms with E-state index in [4.69, 9.17) is 16.0 Å². The lowest BCUT2D eigenvalue weighted by molar-refractivity contribution is 0.449. The number of nitrogens with one attached hydrogen (secondary N) is 1. The lowest BCUT2D eigenvalue weighted by Crippen LogP contribution is -2.21. The summed E-state index contributed by atoms with van der Waals surface area (Å²) in [5.41, 5.74) is 0.585. The van der Waals surface area contributed by atoms with Crippen LogP contribution in [0.25, 0.3) is 0 Å². The summed E-state index contributed by atoms with van der Waals surface area (Å²) < 4.78 is 31.5. The van der Waals surface area contributed by atoms with Crippen LogP contribution in [0.15, 0.2) is 34.7 Å². The first-order chi connectivity index (χ1) is 8.61. The van der Waals surface area contributed by atoms with Crippen LogP contribution in [0, 0.1) is 11.6 Å². The van der Waals surface area contributed by atoms with Crippen LogP contribution in [0.4, 0.5) is 8.78 Å². The molecular weight excluding hydrogens is 260 g/mol. The number of rotatable bonds is 4. The topological polar surface area (TPSA) is 25.2 Å². The highest BCUT2D eigenvalue weighted by Crippen LogP contribution is 2.26. The zero-order valence-electron chi connectivity index (χ0n) is 9.71. The molecule has 1 aromatic heterocycles. The van der Waals surface area contributed by atoms with Crippen LogP contribution in [0.1, 0.15) is 24.3 Å². The number of benzene rings is 1. The molecule has 1 heterocycles. The number of furan rings is 1. The van der Waals surface area contributed by atoms with Crippen LogP contribution in [0.5, 0.6) is 0 Å². The number of hydrogen-bond donors (Lipinski definition) is 1. The molecule has 0 bridgehead atoms. The minimum atomic E-state index is -0.881. The molecule has 1 aromatic carbocycles. The molecule has 0 radical (unpaired) electrons. The van der Waals surface area contributed by atoms with Gasteiger partial charge in [-0.05, 0) is 48.0 Å². The van der Waals surface area contributed by atoms with Gasteiger partial charge in [0.05, 0.1) is 6.04 Å². The summed E-state index contributed by atoms with van der Waals surface area (Å²) >= 11 is 5.72. The van der Waals surface area contributed by atoms with E-state index in [-0.39, 0.29) is 11.3 Å². The van der Waals surface area contributed by atoms with E-state index in [1.807, 2.05) is 6.92 Å². The normalized spacial score (nSPS) is 12.7. The molecule has 2 rings (SSSR count). The molecule has 0 aliphatic rings. The Bertz CT molecular complexity index is 542. The fraction of sp³-hybridized carbons (Fsp3) is 0.231. The SMILES string of the molecule is CCNC(c1ccc(F)c(F)c1)c1ccc(Cl)o1. The molecule has 0 saturated heterocycles. The van der Waals surface area contributed by atoms with Gasteiger partial charge in [-0.2, -0.15) is 0 Å². The Hall–Kier alpha value is -1.39. The molecule has 0 spiro atoms. The summed E-state index contributed by atoms with van der Waals surface area (Å²) in [4.78, 5) is 0. The average molecular weight is 272 g/mol. The van der Waals surface area contributed by atoms with Crippen molar-refractivity contribution in [1.29, 1.82) is 0 Å². The minimum Gasteiger partial charge on any atom is -0.448 e. The maximum atomic E-state index is 13.2. The van der Waals surface area contributed by atoms with Crippen molar-refractivity contribution in [3.8, 4) is 0 Å². The third-order valence-electron chi connectivity index (χ3n) is 2.56. The third-order valence-corrected chi connectivity index (χ3v) is 2.77. The molecule has 1 N–H and O–H groups in total. The molecular formula is C13H12ClF2NO. The molecule has 18 heavy (non-hydrogen) atoms. The van der Waals surface area contributed by atoms with Gasteiger partial charge < -0.3 is 9.73 Å². The van der Waals surface area contributed by atoms with Gasteiger partial charge in [-0.15, -0.1) is 0 Å². The summed E-state index contributed by atoms with van der Waals surface area (Å²) in [5.74, 6) is -1.19. The quantitative estimate of drug-likeness (QED) is 0.912. The Morgan fingerprint density at radius 1 is 1.22 bits per heavy atom. The van der Waals surface area contributed by atoms with Crippen molar-refractivity contribution in [2.24, 2.45) is 0 Å². The third kappa shape index (κ3) is 2.71. The molecule has 0 amide bonds. The van der Waals surface area contributed by atoms with Gasteiger partial charge in [0.1, 0.15) is 5.76 Å². The van der Waals surface area contributed by atoms with E-state index in [1.165, 1.54) is 6.07 Å². The van der Waals surface area contributed by atoms with Crippen LogP contribution in [0.3, 0.4) is 0 Å². The average Bonchev–Trinajstić information content (AvgIpc) is 2.76. The maximum Gasteiger partial charge on any atom is 0.193 e. The fourth-order valence-corrected chi connectivity index (χ4v) is 1.91. The molecule has 0 aliphatic heterocycles. The van der Waals surface area contributed by atoms with Crippen LogP contribution in [-0.4, -0.2) is 6.54 Å². The largest absolute Gasteiger partial charge is 0.448 e. The lowest BCUT2D eigenvalue weighted by atomic mass is 10.0. The van der Waals surface area contributed by atoms with Crippen molar-refractivity contribution in [2.45, 2.75) is 13.0 Å². The van der Waals surface area contributed by atoms with E-state index in [9.17, 15) is 8.78 Å². The molecule has 5 heteroatoms. The Morgan fingerprint density at radius 2 is 2.00 bits per heavy atom. The highest BCUT2D eigenvalue weighted by Gasteiger charge is 2.18. The van der Waals surface area contributed by atoms with Gasteiger partial charge >= 0.3 is 0 Å². The highest BCUT2D eigenvalue weighted by molar-refractivity contribution is 6.28. The van der Waals surface area contributed by atoms with Crippen LogP contribution in [0.2, 0.25) is 5.22 Å². The molecule has 0 aliphatic carbocycles. The van der Waals surface area contributed by atoms with Crippen molar-refractivity contribution in [3.05, 3.63) is 58.5 Å². The van der Waals surface area contributed by atoms with Gasteiger partial charge in [-0.25, -0.2) is 8.78 Å². The standard InChI is InChI=1S/C13H12ClF2NO/c1-2-17-13(11-5-6-12(14)18-11)8-3-4-9(15)10(16)7-8/h3-7,13,17H,2H2,1H3. The zero-order chi connectivity index (χ0) is 13.1. The van der Waals surface area contributed by atoms with E-state index >= 15 is 0 Å². The zero-order valence-corrected chi connectivity index (χ0v) is 10.5. The van der Waals surface area contributed by atoms with E-state index in [0.29, 0.717) is 17.9 Å². The molecule has 2 aromatic rings. The second-order valence-corrected chi connectivity index (χ2v) is 4.18. The van der Waals surface area contributed by atoms with Gasteiger partial charge in [-0.3, -0.25) is 0 Å². The Labute approximate surface area is 109 Å². The Kier molecular flexibility index (Phi) is 3.99. The van der Waals surface area contributed by atoms with Crippen molar-refractivity contribution >= 4 is 11.6 Å². The monoisotopic (exact) mass is 271 g/mol. The van der Waals surface area contributed by atoms with E-state index < -0.39 is 11.6 Å². The van der Waals surface area contributed by atoms with E-state index in [0.717, 1.165) is 12.1 Å². The van der Waals surface area contributed by atoms with Crippen LogP contribution in [-0.2, 0) is 0 Å². The molecule has 1 atom stereocenters. The molecule has 96 valence electrons. The first-order valence-corrected chi connectivity index (χ1v) is 5.93. The summed E-state index contributed by atoms with van der Waals surface area (Å²) in [7, 11) is 0. The van der Waals surface area contributed by atoms with Gasteiger partial charge in [0, 0.05) is 0 Å². The predicted octanol–water partition coefficient (Wildman–Crippen LogP) is 3.91. The van der Waals surface area contributed by atoms with Crippen molar-refractivity contribution in [2.75, 3.05) is 6.54 Å². The van der Waals surface area contributed by atoms with Gasteiger partial charge in [0.25, 0.3) is 0 Å². The van der Waals surface area contributed by atoms with Crippen LogP contribution < -0.4 is 5.32 Å². The Balaban J connectivity index is 2.37. The second-order valence-electron chi connectivity index (χ2n) is 3.81. The van der Waals surface area contributed by atoms with Gasteiger partial charge in [0.2, 0.25) is 0 Å². The predicted molar refractivity (Wildman–Crippen MR) is 65.6 cm³/mol. The van der Waals surface area contributed by atoms with E-state index in [1.54, 1.807) is 12.1 Å². The number of hydrogen-bond acceptors (Lipinski definition) is 2. The van der Waals surface area contributed by atoms with Gasteiger partial charge in [-0.1, -0.05) is 13.0 Å². The van der Waals surface area contributed by atoms with Gasteiger partial charge in [0.15, 0.2) is 16.9 Å². The molecule has 2 nitrogen and oxygen atoms in total. The Morgan fingerprint density at radius 3 is 2.56 bits per heavy atom. The molecule has 0 saturated carbocycles. The first kappa shape index (κ1) is 13.1. The first-order valence-electron chi connectivity index (χ1n) is 5.55. The number of halogens is 3. The smallest absolute Gasteiger partial charge is 0.193 e. The second kappa shape index (κ2) is 5.50. The summed E-state index contributed by atoms with van der Waals surface area (Å²) in [6.07, 6.45) is 0. The van der Waals surface area contributed by atoms with Crippen molar-refractivity contribution < 1.29 is 13.2 Å². The maximum absolute atomic E-state index is 13.2. The molecule has 1 unspecified atom stereocenters. The van der Waals surface area contributed by atoms with Crippen LogP contribution >= 0.6 is 11.6 Å². The summed E-state index contributed by atoms with van der Waals surface area (Å²) in [6, 6.07) is 6.73. The highest BCUT2D eigenvalue weighted by atomic mass is 35.5. The fourth-order valence-electron chi connectivity index (χ4n) is 1.76. The lowest BCUT2D eigenvalue weighted by Gasteiger charge is -2.16. The molecule has 0 fully saturated rings. The van der Waals surface area contributed by atoms with E-state index in [2.05, 4.69) is 5.32 Å². The van der Waals surface area contributed by atoms with Crippen molar-refractivity contribution in [3.63, 3.8) is 0 Å². The summed E-state index contributed by atoms with van der Waals surface area (Å²) in [6.45, 7) is 2.57. The minimum absolute atomic E-state index is 0.260. The van der Waals surface area contributed by atoms with Crippen molar-refractivity contribution in [1.82, 2.24) is 5.32 Å².